The van der Waals surface area contributed by atoms with Crippen LogP contribution < -0.4 is 11.1 Å². The number of hydrogen-bond acceptors (Lipinski definition) is 6. The van der Waals surface area contributed by atoms with Crippen LogP contribution in [0.25, 0.3) is 0 Å². The number of anilines is 3. The Morgan fingerprint density at radius 2 is 1.75 bits per heavy atom. The lowest BCUT2D eigenvalue weighted by Gasteiger charge is -2.08. The van der Waals surface area contributed by atoms with Crippen molar-refractivity contribution in [2.45, 2.75) is 16.7 Å². The molecule has 0 saturated carbocycles. The molecule has 3 rings (SSSR count). The third-order valence-electron chi connectivity index (χ3n) is 3.75. The molecule has 0 saturated heterocycles. The minimum atomic E-state index is -3.71. The summed E-state index contributed by atoms with van der Waals surface area (Å²) < 4.78 is 29.7. The molecule has 3 aromatic rings. The number of benzene rings is 2. The van der Waals surface area contributed by atoms with E-state index in [2.05, 4.69) is 35.0 Å². The van der Waals surface area contributed by atoms with Gasteiger partial charge in [0.05, 0.1) is 9.37 Å². The average Bonchev–Trinajstić information content (AvgIpc) is 2.65. The van der Waals surface area contributed by atoms with E-state index >= 15 is 0 Å². The van der Waals surface area contributed by atoms with Gasteiger partial charge in [-0.2, -0.15) is 13.4 Å². The Morgan fingerprint density at radius 1 is 1.11 bits per heavy atom. The van der Waals surface area contributed by atoms with Gasteiger partial charge in [-0.25, -0.2) is 4.98 Å². The van der Waals surface area contributed by atoms with Crippen molar-refractivity contribution in [1.29, 1.82) is 0 Å². The molecule has 10 heteroatoms. The normalized spacial score (nSPS) is 12.7. The zero-order valence-corrected chi connectivity index (χ0v) is 18.3. The van der Waals surface area contributed by atoms with Gasteiger partial charge in [-0.15, -0.1) is 3.77 Å². The molecule has 1 aromatic heterocycles. The maximum Gasteiger partial charge on any atom is 0.288 e. The Bertz CT molecular complexity index is 1130. The van der Waals surface area contributed by atoms with Crippen LogP contribution >= 0.6 is 15.9 Å². The molecular formula is C18H18BrN5O2S2. The van der Waals surface area contributed by atoms with E-state index in [4.69, 9.17) is 5.73 Å². The van der Waals surface area contributed by atoms with Gasteiger partial charge >= 0.3 is 0 Å². The van der Waals surface area contributed by atoms with Crippen molar-refractivity contribution in [2.24, 2.45) is 3.77 Å². The fraction of sp³-hybridized carbons (Fsp3) is 0.111. The van der Waals surface area contributed by atoms with Gasteiger partial charge in [0, 0.05) is 16.8 Å². The predicted molar refractivity (Wildman–Crippen MR) is 116 cm³/mol. The maximum absolute atomic E-state index is 12.5. The van der Waals surface area contributed by atoms with Crippen LogP contribution in [0.1, 0.15) is 5.56 Å². The standard InChI is InChI=1S/C18H18BrN5O2S2/c1-12-3-9-15(10-4-12)28(25,26)24-27(2)14-7-5-13(6-8-14)22-18-21-11-16(19)17(20)23-18/h3-11H,1-2H3,(H3,20,21,22,23)/t27-/m0/s1. The van der Waals surface area contributed by atoms with E-state index in [-0.39, 0.29) is 4.90 Å². The van der Waals surface area contributed by atoms with Crippen molar-refractivity contribution >= 4 is 54.1 Å². The smallest absolute Gasteiger partial charge is 0.288 e. The molecule has 0 spiro atoms. The third kappa shape index (κ3) is 4.94. The zero-order chi connectivity index (χ0) is 20.3. The second-order valence-corrected chi connectivity index (χ2v) is 10.2. The summed E-state index contributed by atoms with van der Waals surface area (Å²) in [6.07, 6.45) is 3.34. The van der Waals surface area contributed by atoms with E-state index in [1.54, 1.807) is 36.7 Å². The SMILES string of the molecule is Cc1ccc(S(=O)(=O)N=[S@@](C)c2ccc(Nc3ncc(Br)c(N)n3)cc2)cc1. The summed E-state index contributed by atoms with van der Waals surface area (Å²) in [4.78, 5) is 9.26. The fourth-order valence-electron chi connectivity index (χ4n) is 2.25. The van der Waals surface area contributed by atoms with Crippen molar-refractivity contribution in [2.75, 3.05) is 17.3 Å². The average molecular weight is 480 g/mol. The molecule has 3 N–H and O–H groups in total. The van der Waals surface area contributed by atoms with Crippen LogP contribution in [0.15, 0.2) is 72.8 Å². The van der Waals surface area contributed by atoms with E-state index in [0.717, 1.165) is 16.1 Å². The minimum absolute atomic E-state index is 0.195. The third-order valence-corrected chi connectivity index (χ3v) is 7.86. The first-order valence-corrected chi connectivity index (χ1v) is 11.9. The maximum atomic E-state index is 12.5. The number of aromatic nitrogens is 2. The van der Waals surface area contributed by atoms with Gasteiger partial charge in [0.1, 0.15) is 5.82 Å². The first-order valence-electron chi connectivity index (χ1n) is 8.10. The quantitative estimate of drug-likeness (QED) is 0.570. The molecule has 7 nitrogen and oxygen atoms in total. The molecule has 146 valence electrons. The summed E-state index contributed by atoms with van der Waals surface area (Å²) >= 11 is 3.25. The Morgan fingerprint density at radius 3 is 2.36 bits per heavy atom. The lowest BCUT2D eigenvalue weighted by Crippen LogP contribution is -2.01. The molecular weight excluding hydrogens is 462 g/mol. The second kappa shape index (κ2) is 8.38. The van der Waals surface area contributed by atoms with Crippen LogP contribution in [0, 0.1) is 6.92 Å². The zero-order valence-electron chi connectivity index (χ0n) is 15.1. The summed E-state index contributed by atoms with van der Waals surface area (Å²) in [6.45, 7) is 1.90. The summed E-state index contributed by atoms with van der Waals surface area (Å²) in [5, 5.41) is 3.05. The van der Waals surface area contributed by atoms with Gasteiger partial charge in [0.25, 0.3) is 10.0 Å². The number of sulfonamides is 1. The first-order chi connectivity index (χ1) is 13.2. The van der Waals surface area contributed by atoms with E-state index < -0.39 is 20.7 Å². The van der Waals surface area contributed by atoms with Crippen LogP contribution in [-0.4, -0.2) is 24.6 Å². The van der Waals surface area contributed by atoms with E-state index in [0.29, 0.717) is 16.2 Å². The summed E-state index contributed by atoms with van der Waals surface area (Å²) in [5.41, 5.74) is 7.49. The highest BCUT2D eigenvalue weighted by Gasteiger charge is 2.13. The lowest BCUT2D eigenvalue weighted by molar-refractivity contribution is 0.598. The molecule has 0 fully saturated rings. The van der Waals surface area contributed by atoms with Crippen molar-refractivity contribution in [3.8, 4) is 0 Å². The number of hydrogen-bond donors (Lipinski definition) is 2. The molecule has 1 heterocycles. The number of rotatable bonds is 5. The number of nitrogens with one attached hydrogen (secondary N) is 1. The molecule has 0 bridgehead atoms. The van der Waals surface area contributed by atoms with Gasteiger partial charge in [-0.3, -0.25) is 0 Å². The molecule has 1 atom stereocenters. The summed E-state index contributed by atoms with van der Waals surface area (Å²) in [6, 6.07) is 13.9. The van der Waals surface area contributed by atoms with Crippen LogP contribution in [0.3, 0.4) is 0 Å². The van der Waals surface area contributed by atoms with E-state index in [1.165, 1.54) is 0 Å². The summed E-state index contributed by atoms with van der Waals surface area (Å²) in [5.74, 6) is 0.708. The Kier molecular flexibility index (Phi) is 6.11. The van der Waals surface area contributed by atoms with Crippen molar-refractivity contribution < 1.29 is 8.42 Å². The van der Waals surface area contributed by atoms with Gasteiger partial charge in [-0.1, -0.05) is 28.4 Å². The lowest BCUT2D eigenvalue weighted by atomic mass is 10.2. The first kappa shape index (κ1) is 20.4. The second-order valence-electron chi connectivity index (χ2n) is 5.92. The van der Waals surface area contributed by atoms with Gasteiger partial charge in [0.2, 0.25) is 5.95 Å². The minimum Gasteiger partial charge on any atom is -0.383 e. The van der Waals surface area contributed by atoms with Gasteiger partial charge < -0.3 is 11.1 Å². The van der Waals surface area contributed by atoms with Crippen LogP contribution in [0.2, 0.25) is 0 Å². The molecule has 0 radical (unpaired) electrons. The van der Waals surface area contributed by atoms with Crippen molar-refractivity contribution in [1.82, 2.24) is 9.97 Å². The van der Waals surface area contributed by atoms with E-state index in [9.17, 15) is 8.42 Å². The number of aryl methyl sites for hydroxylation is 1. The monoisotopic (exact) mass is 479 g/mol. The number of nitrogens with zero attached hydrogens (tertiary/aromatic N) is 3. The molecule has 2 aromatic carbocycles. The van der Waals surface area contributed by atoms with Crippen LogP contribution in [0.5, 0.6) is 0 Å². The molecule has 0 aliphatic carbocycles. The molecule has 0 amide bonds. The van der Waals surface area contributed by atoms with Gasteiger partial charge in [0.15, 0.2) is 0 Å². The Labute approximate surface area is 174 Å². The van der Waals surface area contributed by atoms with Crippen LogP contribution in [0.4, 0.5) is 17.5 Å². The number of halogens is 1. The largest absolute Gasteiger partial charge is 0.383 e. The number of nitrogen functional groups attached to an aromatic ring is 1. The molecule has 0 aliphatic heterocycles. The Hall–Kier alpha value is -2.30. The fourth-order valence-corrected chi connectivity index (χ4v) is 5.32. The van der Waals surface area contributed by atoms with Crippen molar-refractivity contribution in [3.05, 3.63) is 64.8 Å². The number of nitrogens with two attached hydrogens (primary N) is 1. The Balaban J connectivity index is 1.79. The highest BCUT2D eigenvalue weighted by atomic mass is 79.9. The van der Waals surface area contributed by atoms with Crippen molar-refractivity contribution in [3.63, 3.8) is 0 Å². The molecule has 0 unspecified atom stereocenters. The molecule has 0 aliphatic rings. The predicted octanol–water partition coefficient (Wildman–Crippen LogP) is 4.05. The van der Waals surface area contributed by atoms with Gasteiger partial charge in [-0.05, 0) is 65.5 Å². The summed E-state index contributed by atoms with van der Waals surface area (Å²) in [7, 11) is -4.53. The highest BCUT2D eigenvalue weighted by molar-refractivity contribution is 9.10. The van der Waals surface area contributed by atoms with E-state index in [1.807, 2.05) is 31.2 Å². The van der Waals surface area contributed by atoms with Crippen LogP contribution in [-0.2, 0) is 20.7 Å². The topological polar surface area (TPSA) is 110 Å². The molecule has 28 heavy (non-hydrogen) atoms. The highest BCUT2D eigenvalue weighted by Crippen LogP contribution is 2.21.